The molecule has 0 spiro atoms. The second-order valence-corrected chi connectivity index (χ2v) is 2.41. The lowest BCUT2D eigenvalue weighted by Crippen LogP contribution is -2.24. The molecule has 0 unspecified atom stereocenters. The molecule has 0 saturated carbocycles. The monoisotopic (exact) mass is 174 g/mol. The van der Waals surface area contributed by atoms with Gasteiger partial charge in [0.2, 0.25) is 0 Å². The quantitative estimate of drug-likeness (QED) is 0.566. The molecule has 0 bridgehead atoms. The number of methoxy groups -OCH3 is 1. The number of hydrogen-bond acceptors (Lipinski definition) is 3. The zero-order valence-electron chi connectivity index (χ0n) is 8.13. The predicted octanol–water partition coefficient (Wildman–Crippen LogP) is 1.61. The van der Waals surface area contributed by atoms with Gasteiger partial charge >= 0.3 is 5.97 Å². The molecule has 1 aliphatic rings. The molecule has 1 fully saturated rings. The Morgan fingerprint density at radius 1 is 1.33 bits per heavy atom. The summed E-state index contributed by atoms with van der Waals surface area (Å²) in [5, 5.41) is 0. The molecule has 0 atom stereocenters. The van der Waals surface area contributed by atoms with Crippen molar-refractivity contribution in [3.63, 3.8) is 0 Å². The van der Waals surface area contributed by atoms with Gasteiger partial charge in [0.25, 0.3) is 0 Å². The number of esters is 1. The third kappa shape index (κ3) is 3.72. The van der Waals surface area contributed by atoms with Crippen LogP contribution in [0, 0.1) is 5.92 Å². The van der Waals surface area contributed by atoms with Crippen LogP contribution in [0.4, 0.5) is 0 Å². The Labute approximate surface area is 74.0 Å². The summed E-state index contributed by atoms with van der Waals surface area (Å²) in [6.07, 6.45) is 1.62. The van der Waals surface area contributed by atoms with Gasteiger partial charge in [-0.25, -0.2) is 0 Å². The molecule has 1 saturated heterocycles. The zero-order chi connectivity index (χ0) is 9.40. The number of hydrogen-bond donors (Lipinski definition) is 0. The summed E-state index contributed by atoms with van der Waals surface area (Å²) >= 11 is 0. The van der Waals surface area contributed by atoms with E-state index in [0.717, 1.165) is 12.8 Å². The van der Waals surface area contributed by atoms with E-state index in [0.29, 0.717) is 13.2 Å². The van der Waals surface area contributed by atoms with Gasteiger partial charge in [-0.15, -0.1) is 0 Å². The molecule has 72 valence electrons. The first-order chi connectivity index (χ1) is 5.84. The maximum absolute atomic E-state index is 10.9. The second kappa shape index (κ2) is 7.10. The van der Waals surface area contributed by atoms with Gasteiger partial charge in [-0.1, -0.05) is 13.8 Å². The van der Waals surface area contributed by atoms with E-state index in [1.807, 2.05) is 13.8 Å². The molecule has 3 heteroatoms. The minimum Gasteiger partial charge on any atom is -0.469 e. The maximum atomic E-state index is 10.9. The predicted molar refractivity (Wildman–Crippen MR) is 46.9 cm³/mol. The third-order valence-electron chi connectivity index (χ3n) is 1.76. The number of rotatable bonds is 1. The Kier molecular flexibility index (Phi) is 6.76. The third-order valence-corrected chi connectivity index (χ3v) is 1.76. The summed E-state index contributed by atoms with van der Waals surface area (Å²) in [5.74, 6) is -0.0120. The fourth-order valence-electron chi connectivity index (χ4n) is 1.10. The number of carbonyl (C=O) groups excluding carboxylic acids is 1. The van der Waals surface area contributed by atoms with E-state index in [1.54, 1.807) is 0 Å². The Hall–Kier alpha value is -0.570. The SMILES string of the molecule is CC.COC(=O)C1CCOCC1. The molecular formula is C9H18O3. The van der Waals surface area contributed by atoms with Crippen molar-refractivity contribution >= 4 is 5.97 Å². The van der Waals surface area contributed by atoms with Crippen LogP contribution in [0.5, 0.6) is 0 Å². The van der Waals surface area contributed by atoms with Crippen molar-refractivity contribution in [3.05, 3.63) is 0 Å². The van der Waals surface area contributed by atoms with Gasteiger partial charge in [-0.05, 0) is 12.8 Å². The molecule has 0 aliphatic carbocycles. The van der Waals surface area contributed by atoms with Gasteiger partial charge in [-0.3, -0.25) is 4.79 Å². The molecule has 1 rings (SSSR count). The normalized spacial score (nSPS) is 17.6. The van der Waals surface area contributed by atoms with Crippen molar-refractivity contribution in [1.29, 1.82) is 0 Å². The lowest BCUT2D eigenvalue weighted by atomic mass is 10.0. The Morgan fingerprint density at radius 3 is 2.25 bits per heavy atom. The van der Waals surface area contributed by atoms with Crippen LogP contribution in [0.1, 0.15) is 26.7 Å². The van der Waals surface area contributed by atoms with Gasteiger partial charge in [0.1, 0.15) is 0 Å². The van der Waals surface area contributed by atoms with E-state index in [9.17, 15) is 4.79 Å². The van der Waals surface area contributed by atoms with Crippen molar-refractivity contribution in [2.45, 2.75) is 26.7 Å². The van der Waals surface area contributed by atoms with Crippen molar-refractivity contribution in [2.75, 3.05) is 20.3 Å². The van der Waals surface area contributed by atoms with Gasteiger partial charge in [-0.2, -0.15) is 0 Å². The lowest BCUT2D eigenvalue weighted by molar-refractivity contribution is -0.148. The van der Waals surface area contributed by atoms with Crippen LogP contribution in [0.3, 0.4) is 0 Å². The summed E-state index contributed by atoms with van der Waals surface area (Å²) in [7, 11) is 1.43. The van der Waals surface area contributed by atoms with Gasteiger partial charge in [0.05, 0.1) is 13.0 Å². The van der Waals surface area contributed by atoms with E-state index < -0.39 is 0 Å². The summed E-state index contributed by atoms with van der Waals surface area (Å²) in [6, 6.07) is 0. The smallest absolute Gasteiger partial charge is 0.308 e. The minimum atomic E-state index is -0.0942. The van der Waals surface area contributed by atoms with Gasteiger partial charge in [0, 0.05) is 13.2 Å². The molecule has 0 aromatic heterocycles. The molecule has 3 nitrogen and oxygen atoms in total. The van der Waals surface area contributed by atoms with Crippen molar-refractivity contribution in [3.8, 4) is 0 Å². The van der Waals surface area contributed by atoms with Crippen LogP contribution in [0.25, 0.3) is 0 Å². The van der Waals surface area contributed by atoms with Crippen LogP contribution in [-0.4, -0.2) is 26.3 Å². The highest BCUT2D eigenvalue weighted by Gasteiger charge is 2.21. The van der Waals surface area contributed by atoms with Gasteiger partial charge in [0.15, 0.2) is 0 Å². The van der Waals surface area contributed by atoms with E-state index in [1.165, 1.54) is 7.11 Å². The average Bonchev–Trinajstić information content (AvgIpc) is 2.21. The summed E-state index contributed by atoms with van der Waals surface area (Å²) < 4.78 is 9.68. The summed E-state index contributed by atoms with van der Waals surface area (Å²) in [6.45, 7) is 5.39. The van der Waals surface area contributed by atoms with E-state index in [4.69, 9.17) is 4.74 Å². The second-order valence-electron chi connectivity index (χ2n) is 2.41. The molecule has 1 heterocycles. The fourth-order valence-corrected chi connectivity index (χ4v) is 1.10. The molecule has 0 radical (unpaired) electrons. The van der Waals surface area contributed by atoms with E-state index in [2.05, 4.69) is 4.74 Å². The average molecular weight is 174 g/mol. The van der Waals surface area contributed by atoms with Crippen LogP contribution in [0.15, 0.2) is 0 Å². The molecule has 0 aromatic carbocycles. The maximum Gasteiger partial charge on any atom is 0.308 e. The van der Waals surface area contributed by atoms with Crippen LogP contribution in [-0.2, 0) is 14.3 Å². The Balaban J connectivity index is 0.000000561. The van der Waals surface area contributed by atoms with Crippen molar-refractivity contribution in [1.82, 2.24) is 0 Å². The standard InChI is InChI=1S/C7H12O3.C2H6/c1-9-7(8)6-2-4-10-5-3-6;1-2/h6H,2-5H2,1H3;1-2H3. The molecular weight excluding hydrogens is 156 g/mol. The molecule has 0 aromatic rings. The molecule has 1 aliphatic heterocycles. The topological polar surface area (TPSA) is 35.5 Å². The molecule has 0 N–H and O–H groups in total. The van der Waals surface area contributed by atoms with Crippen LogP contribution >= 0.6 is 0 Å². The fraction of sp³-hybridized carbons (Fsp3) is 0.889. The van der Waals surface area contributed by atoms with Crippen molar-refractivity contribution in [2.24, 2.45) is 5.92 Å². The highest BCUT2D eigenvalue weighted by Crippen LogP contribution is 2.15. The van der Waals surface area contributed by atoms with E-state index in [-0.39, 0.29) is 11.9 Å². The highest BCUT2D eigenvalue weighted by atomic mass is 16.5. The molecule has 0 amide bonds. The zero-order valence-corrected chi connectivity index (χ0v) is 8.13. The lowest BCUT2D eigenvalue weighted by Gasteiger charge is -2.19. The Bertz CT molecular complexity index is 117. The van der Waals surface area contributed by atoms with Gasteiger partial charge < -0.3 is 9.47 Å². The van der Waals surface area contributed by atoms with E-state index >= 15 is 0 Å². The number of ether oxygens (including phenoxy) is 2. The summed E-state index contributed by atoms with van der Waals surface area (Å²) in [4.78, 5) is 10.9. The Morgan fingerprint density at radius 2 is 1.83 bits per heavy atom. The first kappa shape index (κ1) is 11.4. The first-order valence-electron chi connectivity index (χ1n) is 4.50. The van der Waals surface area contributed by atoms with Crippen LogP contribution in [0.2, 0.25) is 0 Å². The van der Waals surface area contributed by atoms with Crippen LogP contribution < -0.4 is 0 Å². The minimum absolute atomic E-state index is 0.0822. The first-order valence-corrected chi connectivity index (χ1v) is 4.50. The number of carbonyl (C=O) groups is 1. The van der Waals surface area contributed by atoms with Crippen molar-refractivity contribution < 1.29 is 14.3 Å². The highest BCUT2D eigenvalue weighted by molar-refractivity contribution is 5.72. The largest absolute Gasteiger partial charge is 0.469 e. The summed E-state index contributed by atoms with van der Waals surface area (Å²) in [5.41, 5.74) is 0. The molecule has 12 heavy (non-hydrogen) atoms.